The van der Waals surface area contributed by atoms with Gasteiger partial charge in [0.2, 0.25) is 0 Å². The number of aromatic nitrogens is 1. The molecule has 1 aromatic heterocycles. The first-order valence-corrected chi connectivity index (χ1v) is 7.54. The number of nitrogens with one attached hydrogen (secondary N) is 2. The van der Waals surface area contributed by atoms with E-state index in [1.807, 2.05) is 24.8 Å². The molecule has 1 unspecified atom stereocenters. The first-order chi connectivity index (χ1) is 8.81. The molecule has 1 atom stereocenters. The molecule has 1 saturated heterocycles. The quantitative estimate of drug-likeness (QED) is 0.876. The highest BCUT2D eigenvalue weighted by molar-refractivity contribution is 7.99. The van der Waals surface area contributed by atoms with E-state index >= 15 is 0 Å². The third kappa shape index (κ3) is 3.38. The minimum absolute atomic E-state index is 0.0217. The number of anilines is 1. The molecule has 0 spiro atoms. The number of thioether (sulfide) groups is 1. The summed E-state index contributed by atoms with van der Waals surface area (Å²) in [5, 5.41) is 6.21. The first-order valence-electron chi connectivity index (χ1n) is 6.38. The molecule has 0 bridgehead atoms. The standard InChI is InChI=1S/C13H19N3OS/c1-2-14-12-11(6-3-7-15-12)13(17)16-10-5-4-8-18-9-10/h3,6-7,10H,2,4-5,8-9H2,1H3,(H,14,15)(H,16,17). The van der Waals surface area contributed by atoms with Gasteiger partial charge in [0, 0.05) is 24.5 Å². The summed E-state index contributed by atoms with van der Waals surface area (Å²) in [5.41, 5.74) is 0.634. The van der Waals surface area contributed by atoms with Gasteiger partial charge in [-0.05, 0) is 37.7 Å². The molecule has 0 aromatic carbocycles. The van der Waals surface area contributed by atoms with E-state index in [4.69, 9.17) is 0 Å². The van der Waals surface area contributed by atoms with E-state index in [1.165, 1.54) is 12.2 Å². The van der Waals surface area contributed by atoms with E-state index in [9.17, 15) is 4.79 Å². The van der Waals surface area contributed by atoms with Gasteiger partial charge in [-0.15, -0.1) is 0 Å². The topological polar surface area (TPSA) is 54.0 Å². The van der Waals surface area contributed by atoms with Crippen LogP contribution < -0.4 is 10.6 Å². The second-order valence-electron chi connectivity index (χ2n) is 4.32. The van der Waals surface area contributed by atoms with Crippen molar-refractivity contribution in [1.29, 1.82) is 0 Å². The zero-order valence-electron chi connectivity index (χ0n) is 10.6. The van der Waals surface area contributed by atoms with Crippen molar-refractivity contribution in [3.63, 3.8) is 0 Å². The molecule has 2 heterocycles. The van der Waals surface area contributed by atoms with Gasteiger partial charge in [0.1, 0.15) is 5.82 Å². The van der Waals surface area contributed by atoms with Gasteiger partial charge in [0.05, 0.1) is 5.56 Å². The average Bonchev–Trinajstić information content (AvgIpc) is 2.41. The zero-order valence-corrected chi connectivity index (χ0v) is 11.4. The Kier molecular flexibility index (Phi) is 4.87. The van der Waals surface area contributed by atoms with Gasteiger partial charge in [-0.1, -0.05) is 0 Å². The van der Waals surface area contributed by atoms with Gasteiger partial charge in [0.25, 0.3) is 5.91 Å². The third-order valence-electron chi connectivity index (χ3n) is 2.89. The lowest BCUT2D eigenvalue weighted by Crippen LogP contribution is -2.38. The van der Waals surface area contributed by atoms with Crippen LogP contribution in [0, 0.1) is 0 Å². The predicted molar refractivity (Wildman–Crippen MR) is 76.2 cm³/mol. The van der Waals surface area contributed by atoms with Crippen LogP contribution in [0.2, 0.25) is 0 Å². The summed E-state index contributed by atoms with van der Waals surface area (Å²) in [7, 11) is 0. The number of carbonyl (C=O) groups excluding carboxylic acids is 1. The smallest absolute Gasteiger partial charge is 0.255 e. The summed E-state index contributed by atoms with van der Waals surface area (Å²) in [6, 6.07) is 3.91. The Labute approximate surface area is 112 Å². The van der Waals surface area contributed by atoms with Crippen LogP contribution in [0.25, 0.3) is 0 Å². The Morgan fingerprint density at radius 1 is 1.61 bits per heavy atom. The summed E-state index contributed by atoms with van der Waals surface area (Å²) in [4.78, 5) is 16.4. The van der Waals surface area contributed by atoms with Crippen molar-refractivity contribution >= 4 is 23.5 Å². The fourth-order valence-corrected chi connectivity index (χ4v) is 3.09. The molecule has 5 heteroatoms. The van der Waals surface area contributed by atoms with Crippen molar-refractivity contribution in [3.05, 3.63) is 23.9 Å². The summed E-state index contributed by atoms with van der Waals surface area (Å²) < 4.78 is 0. The number of amides is 1. The molecule has 18 heavy (non-hydrogen) atoms. The predicted octanol–water partition coefficient (Wildman–Crippen LogP) is 2.14. The van der Waals surface area contributed by atoms with Crippen molar-refractivity contribution < 1.29 is 4.79 Å². The van der Waals surface area contributed by atoms with Crippen molar-refractivity contribution in [2.24, 2.45) is 0 Å². The van der Waals surface area contributed by atoms with E-state index in [-0.39, 0.29) is 5.91 Å². The molecule has 2 rings (SSSR count). The van der Waals surface area contributed by atoms with Crippen LogP contribution in [-0.2, 0) is 0 Å². The van der Waals surface area contributed by atoms with Crippen LogP contribution in [0.5, 0.6) is 0 Å². The SMILES string of the molecule is CCNc1ncccc1C(=O)NC1CCCSC1. The molecule has 1 aliphatic heterocycles. The van der Waals surface area contributed by atoms with Gasteiger partial charge < -0.3 is 10.6 Å². The number of hydrogen-bond donors (Lipinski definition) is 2. The second-order valence-corrected chi connectivity index (χ2v) is 5.47. The maximum absolute atomic E-state index is 12.2. The molecule has 0 radical (unpaired) electrons. The molecule has 0 aliphatic carbocycles. The molecule has 1 aromatic rings. The number of rotatable bonds is 4. The monoisotopic (exact) mass is 265 g/mol. The largest absolute Gasteiger partial charge is 0.370 e. The van der Waals surface area contributed by atoms with Gasteiger partial charge in [0.15, 0.2) is 0 Å². The maximum atomic E-state index is 12.2. The third-order valence-corrected chi connectivity index (χ3v) is 4.11. The molecule has 2 N–H and O–H groups in total. The van der Waals surface area contributed by atoms with Crippen LogP contribution in [0.15, 0.2) is 18.3 Å². The van der Waals surface area contributed by atoms with Crippen molar-refractivity contribution in [1.82, 2.24) is 10.3 Å². The first kappa shape index (κ1) is 13.2. The average molecular weight is 265 g/mol. The highest BCUT2D eigenvalue weighted by Crippen LogP contribution is 2.18. The van der Waals surface area contributed by atoms with E-state index in [0.717, 1.165) is 18.7 Å². The molecule has 0 saturated carbocycles. The van der Waals surface area contributed by atoms with Crippen LogP contribution in [0.1, 0.15) is 30.1 Å². The van der Waals surface area contributed by atoms with Crippen LogP contribution in [0.4, 0.5) is 5.82 Å². The Balaban J connectivity index is 2.03. The van der Waals surface area contributed by atoms with Crippen LogP contribution >= 0.6 is 11.8 Å². The van der Waals surface area contributed by atoms with Crippen LogP contribution in [0.3, 0.4) is 0 Å². The van der Waals surface area contributed by atoms with E-state index in [2.05, 4.69) is 15.6 Å². The number of hydrogen-bond acceptors (Lipinski definition) is 4. The molecule has 98 valence electrons. The fraction of sp³-hybridized carbons (Fsp3) is 0.538. The summed E-state index contributed by atoms with van der Waals surface area (Å²) in [6.45, 7) is 2.75. The number of nitrogens with zero attached hydrogens (tertiary/aromatic N) is 1. The molecular formula is C13H19N3OS. The van der Waals surface area contributed by atoms with Gasteiger partial charge in [-0.3, -0.25) is 4.79 Å². The summed E-state index contributed by atoms with van der Waals surface area (Å²) >= 11 is 1.91. The van der Waals surface area contributed by atoms with E-state index in [1.54, 1.807) is 12.3 Å². The van der Waals surface area contributed by atoms with Crippen LogP contribution in [-0.4, -0.2) is 35.0 Å². The van der Waals surface area contributed by atoms with E-state index in [0.29, 0.717) is 17.4 Å². The van der Waals surface area contributed by atoms with Gasteiger partial charge in [-0.2, -0.15) is 11.8 Å². The minimum Gasteiger partial charge on any atom is -0.370 e. The molecule has 1 fully saturated rings. The lowest BCUT2D eigenvalue weighted by molar-refractivity contribution is 0.0939. The van der Waals surface area contributed by atoms with E-state index < -0.39 is 0 Å². The van der Waals surface area contributed by atoms with Gasteiger partial charge in [-0.25, -0.2) is 4.98 Å². The highest BCUT2D eigenvalue weighted by Gasteiger charge is 2.18. The number of pyridine rings is 1. The Morgan fingerprint density at radius 2 is 2.50 bits per heavy atom. The summed E-state index contributed by atoms with van der Waals surface area (Å²) in [6.07, 6.45) is 3.96. The minimum atomic E-state index is -0.0217. The normalized spacial score (nSPS) is 19.3. The van der Waals surface area contributed by atoms with Crippen molar-refractivity contribution in [2.45, 2.75) is 25.8 Å². The zero-order chi connectivity index (χ0) is 12.8. The molecule has 1 aliphatic rings. The lowest BCUT2D eigenvalue weighted by atomic mass is 10.1. The lowest BCUT2D eigenvalue weighted by Gasteiger charge is -2.22. The Morgan fingerprint density at radius 3 is 3.22 bits per heavy atom. The molecule has 1 amide bonds. The van der Waals surface area contributed by atoms with Gasteiger partial charge >= 0.3 is 0 Å². The highest BCUT2D eigenvalue weighted by atomic mass is 32.2. The Hall–Kier alpha value is -1.23. The summed E-state index contributed by atoms with van der Waals surface area (Å²) in [5.74, 6) is 2.87. The Bertz CT molecular complexity index is 405. The number of carbonyl (C=O) groups is 1. The maximum Gasteiger partial charge on any atom is 0.255 e. The van der Waals surface area contributed by atoms with Crippen molar-refractivity contribution in [3.8, 4) is 0 Å². The van der Waals surface area contributed by atoms with Crippen molar-refractivity contribution in [2.75, 3.05) is 23.4 Å². The molecular weight excluding hydrogens is 246 g/mol. The fourth-order valence-electron chi connectivity index (χ4n) is 2.01. The second kappa shape index (κ2) is 6.64. The molecule has 4 nitrogen and oxygen atoms in total.